The van der Waals surface area contributed by atoms with E-state index >= 15 is 0 Å². The number of ether oxygens (including phenoxy) is 1. The number of hydrogen-bond donors (Lipinski definition) is 1. The van der Waals surface area contributed by atoms with Crippen LogP contribution >= 0.6 is 0 Å². The Morgan fingerprint density at radius 2 is 1.67 bits per heavy atom. The molecule has 0 radical (unpaired) electrons. The number of para-hydroxylation sites is 1. The normalized spacial score (nSPS) is 44.9. The summed E-state index contributed by atoms with van der Waals surface area (Å²) in [7, 11) is 1.69. The number of allylic oxidation sites excluding steroid dienone is 2. The third-order valence-electron chi connectivity index (χ3n) is 14.5. The quantitative estimate of drug-likeness (QED) is 0.289. The lowest BCUT2D eigenvalue weighted by Crippen LogP contribution is -2.67. The van der Waals surface area contributed by atoms with Crippen molar-refractivity contribution in [1.82, 2.24) is 0 Å². The van der Waals surface area contributed by atoms with Gasteiger partial charge in [-0.05, 0) is 128 Å². The van der Waals surface area contributed by atoms with Crippen molar-refractivity contribution in [1.29, 1.82) is 0 Å². The Bertz CT molecular complexity index is 1350. The maximum Gasteiger partial charge on any atom is 0.309 e. The number of methoxy groups -OCH3 is 1. The van der Waals surface area contributed by atoms with Crippen LogP contribution in [0.2, 0.25) is 0 Å². The highest BCUT2D eigenvalue weighted by atomic mass is 16.5. The van der Waals surface area contributed by atoms with Crippen molar-refractivity contribution in [2.24, 2.45) is 56.7 Å². The number of carboxylic acid groups (broad SMARTS) is 1. The summed E-state index contributed by atoms with van der Waals surface area (Å²) in [6, 6.07) is 8.01. The first-order valence-corrected chi connectivity index (χ1v) is 16.4. The third-order valence-corrected chi connectivity index (χ3v) is 14.5. The van der Waals surface area contributed by atoms with Crippen molar-refractivity contribution < 1.29 is 19.4 Å². The Kier molecular flexibility index (Phi) is 6.77. The number of hydrogen-bond acceptors (Lipinski definition) is 3. The average molecular weight is 573 g/mol. The molecular weight excluding hydrogens is 520 g/mol. The lowest BCUT2D eigenvalue weighted by atomic mass is 9.32. The summed E-state index contributed by atoms with van der Waals surface area (Å²) < 4.78 is 5.66. The number of carbonyl (C=O) groups is 2. The number of rotatable bonds is 4. The lowest BCUT2D eigenvalue weighted by molar-refractivity contribution is -0.231. The first-order valence-electron chi connectivity index (χ1n) is 16.4. The van der Waals surface area contributed by atoms with Gasteiger partial charge in [-0.3, -0.25) is 9.59 Å². The number of carboxylic acids is 1. The molecule has 6 rings (SSSR count). The molecule has 228 valence electrons. The minimum absolute atomic E-state index is 0.00297. The number of aliphatic carboxylic acids is 1. The van der Waals surface area contributed by atoms with E-state index in [-0.39, 0.29) is 22.2 Å². The van der Waals surface area contributed by atoms with E-state index in [1.54, 1.807) is 7.11 Å². The number of fused-ring (bicyclic) bond motifs is 7. The summed E-state index contributed by atoms with van der Waals surface area (Å²) in [5, 5.41) is 10.7. The third kappa shape index (κ3) is 3.71. The Hall–Kier alpha value is -2.36. The SMILES string of the molecule is C=C(C)[C@@H]1CC[C@]2(C(=O)O)CC[C@]3(C)[C@H](CC[C@@H]4[C@@]5(C)C/C(=C\c6ccccc6OC)C(=O)C(C)(C)[C@H]5CC[C@]43C)[C@@H]12. The highest BCUT2D eigenvalue weighted by molar-refractivity contribution is 6.04. The molecule has 0 amide bonds. The fourth-order valence-corrected chi connectivity index (χ4v) is 12.5. The van der Waals surface area contributed by atoms with E-state index in [0.29, 0.717) is 29.5 Å². The Morgan fingerprint density at radius 3 is 2.33 bits per heavy atom. The molecule has 0 unspecified atom stereocenters. The van der Waals surface area contributed by atoms with Gasteiger partial charge < -0.3 is 9.84 Å². The lowest BCUT2D eigenvalue weighted by Gasteiger charge is -2.72. The topological polar surface area (TPSA) is 63.6 Å². The van der Waals surface area contributed by atoms with Crippen LogP contribution in [0.3, 0.4) is 0 Å². The summed E-state index contributed by atoms with van der Waals surface area (Å²) in [4.78, 5) is 27.1. The fraction of sp³-hybridized carbons (Fsp3) is 0.684. The van der Waals surface area contributed by atoms with Crippen LogP contribution in [0.4, 0.5) is 0 Å². The smallest absolute Gasteiger partial charge is 0.309 e. The van der Waals surface area contributed by atoms with E-state index in [1.165, 1.54) is 5.57 Å². The first-order chi connectivity index (χ1) is 19.7. The van der Waals surface area contributed by atoms with Gasteiger partial charge in [0.2, 0.25) is 0 Å². The standard InChI is InChI=1S/C38H52O4/c1-23(2)26-15-18-38(33(40)41)20-19-36(6)27(31(26)38)13-14-30-35(5)22-25(21-24-11-9-10-12-28(24)42-8)32(39)34(3,4)29(35)16-17-37(30,36)7/h9-12,21,26-27,29-31H,1,13-20,22H2,2-8H3,(H,40,41)/b25-21+/t26-,27+,29+,30+,31+,35-,36+,37+,38-/m0/s1. The predicted molar refractivity (Wildman–Crippen MR) is 168 cm³/mol. The van der Waals surface area contributed by atoms with E-state index in [0.717, 1.165) is 74.7 Å². The highest BCUT2D eigenvalue weighted by Crippen LogP contribution is 2.77. The van der Waals surface area contributed by atoms with Crippen molar-refractivity contribution in [2.75, 3.05) is 7.11 Å². The van der Waals surface area contributed by atoms with Crippen molar-refractivity contribution in [2.45, 2.75) is 99.3 Å². The molecule has 42 heavy (non-hydrogen) atoms. The molecule has 5 fully saturated rings. The van der Waals surface area contributed by atoms with Gasteiger partial charge in [-0.1, -0.05) is 65.0 Å². The zero-order valence-electron chi connectivity index (χ0n) is 27.0. The van der Waals surface area contributed by atoms with Gasteiger partial charge in [-0.25, -0.2) is 0 Å². The van der Waals surface area contributed by atoms with Crippen LogP contribution in [-0.2, 0) is 9.59 Å². The van der Waals surface area contributed by atoms with Crippen LogP contribution in [0.25, 0.3) is 6.08 Å². The van der Waals surface area contributed by atoms with Gasteiger partial charge in [-0.2, -0.15) is 0 Å². The fourth-order valence-electron chi connectivity index (χ4n) is 12.5. The van der Waals surface area contributed by atoms with E-state index in [4.69, 9.17) is 4.74 Å². The van der Waals surface area contributed by atoms with Gasteiger partial charge >= 0.3 is 5.97 Å². The highest BCUT2D eigenvalue weighted by Gasteiger charge is 2.72. The molecule has 5 aliphatic carbocycles. The van der Waals surface area contributed by atoms with Gasteiger partial charge in [0.25, 0.3) is 0 Å². The zero-order chi connectivity index (χ0) is 30.5. The zero-order valence-corrected chi connectivity index (χ0v) is 27.0. The molecule has 1 N–H and O–H groups in total. The molecule has 0 bridgehead atoms. The van der Waals surface area contributed by atoms with Crippen molar-refractivity contribution in [3.63, 3.8) is 0 Å². The summed E-state index contributed by atoms with van der Waals surface area (Å²) in [6.07, 6.45) is 10.8. The second kappa shape index (κ2) is 9.57. The summed E-state index contributed by atoms with van der Waals surface area (Å²) in [5.74, 6) is 2.23. The van der Waals surface area contributed by atoms with Crippen molar-refractivity contribution in [3.8, 4) is 5.75 Å². The Labute approximate surface area is 253 Å². The first kappa shape index (κ1) is 29.7. The summed E-state index contributed by atoms with van der Waals surface area (Å²) in [5.41, 5.74) is 2.23. The number of benzene rings is 1. The molecule has 0 heterocycles. The van der Waals surface area contributed by atoms with E-state index in [2.05, 4.69) is 54.2 Å². The molecule has 0 aromatic heterocycles. The van der Waals surface area contributed by atoms with Crippen LogP contribution in [0.15, 0.2) is 42.0 Å². The molecule has 0 aliphatic heterocycles. The molecule has 5 aliphatic rings. The molecule has 4 nitrogen and oxygen atoms in total. The van der Waals surface area contributed by atoms with Crippen molar-refractivity contribution >= 4 is 17.8 Å². The van der Waals surface area contributed by atoms with Gasteiger partial charge in [-0.15, -0.1) is 0 Å². The largest absolute Gasteiger partial charge is 0.496 e. The van der Waals surface area contributed by atoms with E-state index < -0.39 is 16.8 Å². The monoisotopic (exact) mass is 572 g/mol. The van der Waals surface area contributed by atoms with Crippen molar-refractivity contribution in [3.05, 3.63) is 47.6 Å². The van der Waals surface area contributed by atoms with E-state index in [9.17, 15) is 14.7 Å². The van der Waals surface area contributed by atoms with Gasteiger partial charge in [0, 0.05) is 11.0 Å². The molecule has 5 saturated carbocycles. The maximum absolute atomic E-state index is 14.1. The van der Waals surface area contributed by atoms with Crippen LogP contribution in [0, 0.1) is 56.7 Å². The predicted octanol–water partition coefficient (Wildman–Crippen LogP) is 9.00. The Balaban J connectivity index is 1.42. The number of carbonyl (C=O) groups excluding carboxylic acids is 1. The van der Waals surface area contributed by atoms with E-state index in [1.807, 2.05) is 24.3 Å². The van der Waals surface area contributed by atoms with Gasteiger partial charge in [0.15, 0.2) is 5.78 Å². The Morgan fingerprint density at radius 1 is 0.952 bits per heavy atom. The molecule has 0 saturated heterocycles. The summed E-state index contributed by atoms with van der Waals surface area (Å²) >= 11 is 0. The van der Waals surface area contributed by atoms with Crippen LogP contribution in [0.1, 0.15) is 105 Å². The second-order valence-corrected chi connectivity index (χ2v) is 16.3. The minimum Gasteiger partial charge on any atom is -0.496 e. The van der Waals surface area contributed by atoms with Crippen LogP contribution in [0.5, 0.6) is 5.75 Å². The van der Waals surface area contributed by atoms with Crippen LogP contribution in [-0.4, -0.2) is 24.0 Å². The molecular formula is C38H52O4. The van der Waals surface area contributed by atoms with Crippen LogP contribution < -0.4 is 4.74 Å². The number of Topliss-reactive ketones (excluding diaryl/α,β-unsaturated/α-hetero) is 1. The molecule has 9 atom stereocenters. The second-order valence-electron chi connectivity index (χ2n) is 16.3. The molecule has 1 aromatic rings. The van der Waals surface area contributed by atoms with Gasteiger partial charge in [0.05, 0.1) is 12.5 Å². The minimum atomic E-state index is -0.595. The maximum atomic E-state index is 14.1. The molecule has 4 heteroatoms. The van der Waals surface area contributed by atoms with Gasteiger partial charge in [0.1, 0.15) is 5.75 Å². The summed E-state index contributed by atoms with van der Waals surface area (Å²) in [6.45, 7) is 18.5. The number of ketones is 1. The molecule has 0 spiro atoms. The average Bonchev–Trinajstić information content (AvgIpc) is 3.34. The molecule has 1 aromatic carbocycles.